The highest BCUT2D eigenvalue weighted by atomic mass is 19.1. The van der Waals surface area contributed by atoms with E-state index < -0.39 is 5.82 Å². The molecule has 1 unspecified atom stereocenters. The minimum atomic E-state index is -0.413. The molecule has 2 nitrogen and oxygen atoms in total. The van der Waals surface area contributed by atoms with E-state index in [0.29, 0.717) is 5.56 Å². The van der Waals surface area contributed by atoms with Crippen LogP contribution < -0.4 is 10.1 Å². The van der Waals surface area contributed by atoms with Crippen molar-refractivity contribution >= 4 is 0 Å². The molecule has 0 saturated heterocycles. The van der Waals surface area contributed by atoms with Gasteiger partial charge in [0, 0.05) is 6.04 Å². The van der Waals surface area contributed by atoms with Gasteiger partial charge in [-0.2, -0.15) is 0 Å². The second-order valence-corrected chi connectivity index (χ2v) is 5.06. The minimum Gasteiger partial charge on any atom is -0.486 e. The fourth-order valence-corrected chi connectivity index (χ4v) is 2.02. The first-order valence-corrected chi connectivity index (χ1v) is 6.86. The fraction of sp³-hybridized carbons (Fsp3) is 0.294. The number of rotatable bonds is 5. The van der Waals surface area contributed by atoms with Crippen molar-refractivity contribution in [2.45, 2.75) is 26.5 Å². The van der Waals surface area contributed by atoms with Gasteiger partial charge >= 0.3 is 0 Å². The van der Waals surface area contributed by atoms with Crippen molar-refractivity contribution in [1.29, 1.82) is 0 Å². The van der Waals surface area contributed by atoms with Crippen LogP contribution in [0.2, 0.25) is 0 Å². The summed E-state index contributed by atoms with van der Waals surface area (Å²) in [5.41, 5.74) is 2.48. The van der Waals surface area contributed by atoms with Crippen LogP contribution in [0.1, 0.15) is 29.7 Å². The molecule has 112 valence electrons. The van der Waals surface area contributed by atoms with Gasteiger partial charge in [-0.15, -0.1) is 0 Å². The van der Waals surface area contributed by atoms with E-state index in [4.69, 9.17) is 4.74 Å². The van der Waals surface area contributed by atoms with Crippen LogP contribution in [0, 0.1) is 18.6 Å². The van der Waals surface area contributed by atoms with Gasteiger partial charge in [0.15, 0.2) is 11.6 Å². The highest BCUT2D eigenvalue weighted by molar-refractivity contribution is 5.32. The summed E-state index contributed by atoms with van der Waals surface area (Å²) in [7, 11) is 1.82. The topological polar surface area (TPSA) is 21.3 Å². The average Bonchev–Trinajstić information content (AvgIpc) is 2.48. The molecule has 1 N–H and O–H groups in total. The molecule has 21 heavy (non-hydrogen) atoms. The third-order valence-corrected chi connectivity index (χ3v) is 3.58. The molecule has 0 aromatic heterocycles. The van der Waals surface area contributed by atoms with Gasteiger partial charge in [-0.3, -0.25) is 0 Å². The molecule has 0 aliphatic rings. The molecule has 0 saturated carbocycles. The van der Waals surface area contributed by atoms with Crippen molar-refractivity contribution in [2.24, 2.45) is 0 Å². The molecule has 4 heteroatoms. The van der Waals surface area contributed by atoms with Crippen LogP contribution in [0.15, 0.2) is 36.4 Å². The molecule has 0 fully saturated rings. The van der Waals surface area contributed by atoms with E-state index in [1.807, 2.05) is 27.0 Å². The Morgan fingerprint density at radius 2 is 1.90 bits per heavy atom. The number of ether oxygens (including phenoxy) is 1. The molecule has 0 aliphatic carbocycles. The van der Waals surface area contributed by atoms with Crippen LogP contribution in [0.4, 0.5) is 8.78 Å². The van der Waals surface area contributed by atoms with Crippen molar-refractivity contribution in [3.63, 3.8) is 0 Å². The van der Waals surface area contributed by atoms with E-state index in [-0.39, 0.29) is 24.2 Å². The molecular weight excluding hydrogens is 272 g/mol. The largest absolute Gasteiger partial charge is 0.486 e. The number of halogens is 2. The molecule has 2 aromatic rings. The zero-order valence-corrected chi connectivity index (χ0v) is 12.4. The Morgan fingerprint density at radius 1 is 1.14 bits per heavy atom. The zero-order chi connectivity index (χ0) is 15.4. The standard InChI is InChI=1S/C17H19F2NO/c1-11-4-6-15(18)8-14(11)10-21-17-7-5-13(9-16(17)19)12(2)20-3/h4-9,12,20H,10H2,1-3H3. The van der Waals surface area contributed by atoms with E-state index in [0.717, 1.165) is 11.1 Å². The number of hydrogen-bond acceptors (Lipinski definition) is 2. The third kappa shape index (κ3) is 3.79. The van der Waals surface area contributed by atoms with Gasteiger partial charge in [-0.25, -0.2) is 8.78 Å². The lowest BCUT2D eigenvalue weighted by atomic mass is 10.1. The summed E-state index contributed by atoms with van der Waals surface area (Å²) in [5.74, 6) is -0.563. The zero-order valence-electron chi connectivity index (χ0n) is 12.4. The van der Waals surface area contributed by atoms with Crippen molar-refractivity contribution < 1.29 is 13.5 Å². The SMILES string of the molecule is CNC(C)c1ccc(OCc2cc(F)ccc2C)c(F)c1. The Morgan fingerprint density at radius 3 is 2.57 bits per heavy atom. The van der Waals surface area contributed by atoms with Crippen molar-refractivity contribution in [2.75, 3.05) is 7.05 Å². The van der Waals surface area contributed by atoms with Gasteiger partial charge in [0.2, 0.25) is 0 Å². The van der Waals surface area contributed by atoms with Crippen LogP contribution in [0.5, 0.6) is 5.75 Å². The lowest BCUT2D eigenvalue weighted by Gasteiger charge is -2.13. The highest BCUT2D eigenvalue weighted by Crippen LogP contribution is 2.23. The molecule has 0 radical (unpaired) electrons. The molecule has 0 spiro atoms. The van der Waals surface area contributed by atoms with Crippen molar-refractivity contribution in [3.8, 4) is 5.75 Å². The lowest BCUT2D eigenvalue weighted by molar-refractivity contribution is 0.288. The summed E-state index contributed by atoms with van der Waals surface area (Å²) in [6.07, 6.45) is 0. The van der Waals surface area contributed by atoms with Crippen molar-refractivity contribution in [3.05, 3.63) is 64.7 Å². The first-order valence-electron chi connectivity index (χ1n) is 6.86. The molecule has 0 bridgehead atoms. The summed E-state index contributed by atoms with van der Waals surface area (Å²) < 4.78 is 32.7. The third-order valence-electron chi connectivity index (χ3n) is 3.58. The fourth-order valence-electron chi connectivity index (χ4n) is 2.02. The highest BCUT2D eigenvalue weighted by Gasteiger charge is 2.09. The van der Waals surface area contributed by atoms with E-state index in [1.54, 1.807) is 12.1 Å². The Hall–Kier alpha value is -1.94. The van der Waals surface area contributed by atoms with E-state index in [9.17, 15) is 8.78 Å². The Bertz CT molecular complexity index is 628. The summed E-state index contributed by atoms with van der Waals surface area (Å²) in [6, 6.07) is 9.43. The summed E-state index contributed by atoms with van der Waals surface area (Å²) in [5, 5.41) is 3.05. The number of hydrogen-bond donors (Lipinski definition) is 1. The first kappa shape index (κ1) is 15.4. The van der Waals surface area contributed by atoms with E-state index >= 15 is 0 Å². The monoisotopic (exact) mass is 291 g/mol. The van der Waals surface area contributed by atoms with Gasteiger partial charge in [0.25, 0.3) is 0 Å². The van der Waals surface area contributed by atoms with Gasteiger partial charge in [0.1, 0.15) is 12.4 Å². The normalized spacial score (nSPS) is 12.2. The minimum absolute atomic E-state index is 0.0685. The molecule has 0 amide bonds. The first-order chi connectivity index (χ1) is 10.0. The Balaban J connectivity index is 2.11. The molecule has 0 heterocycles. The van der Waals surface area contributed by atoms with Crippen molar-refractivity contribution in [1.82, 2.24) is 5.32 Å². The van der Waals surface area contributed by atoms with Crippen LogP contribution in [-0.4, -0.2) is 7.05 Å². The molecular formula is C17H19F2NO. The number of aryl methyl sites for hydroxylation is 1. The maximum atomic E-state index is 14.0. The van der Waals surface area contributed by atoms with Crippen LogP contribution in [0.25, 0.3) is 0 Å². The molecule has 0 aliphatic heterocycles. The predicted molar refractivity (Wildman–Crippen MR) is 79.3 cm³/mol. The van der Waals surface area contributed by atoms with Crippen LogP contribution in [-0.2, 0) is 6.61 Å². The van der Waals surface area contributed by atoms with Gasteiger partial charge in [0.05, 0.1) is 0 Å². The summed E-state index contributed by atoms with van der Waals surface area (Å²) in [6.45, 7) is 3.96. The van der Waals surface area contributed by atoms with Gasteiger partial charge in [-0.1, -0.05) is 12.1 Å². The molecule has 1 atom stereocenters. The number of benzene rings is 2. The molecule has 2 aromatic carbocycles. The summed E-state index contributed by atoms with van der Waals surface area (Å²) in [4.78, 5) is 0. The second kappa shape index (κ2) is 6.68. The Labute approximate surface area is 123 Å². The molecule has 2 rings (SSSR count). The second-order valence-electron chi connectivity index (χ2n) is 5.06. The average molecular weight is 291 g/mol. The summed E-state index contributed by atoms with van der Waals surface area (Å²) >= 11 is 0. The van der Waals surface area contributed by atoms with Gasteiger partial charge < -0.3 is 10.1 Å². The quantitative estimate of drug-likeness (QED) is 0.894. The predicted octanol–water partition coefficient (Wildman–Crippen LogP) is 4.13. The van der Waals surface area contributed by atoms with E-state index in [2.05, 4.69) is 5.32 Å². The van der Waals surface area contributed by atoms with E-state index in [1.165, 1.54) is 18.2 Å². The maximum absolute atomic E-state index is 14.0. The Kier molecular flexibility index (Phi) is 4.91. The van der Waals surface area contributed by atoms with Crippen LogP contribution >= 0.6 is 0 Å². The lowest BCUT2D eigenvalue weighted by Crippen LogP contribution is -2.12. The van der Waals surface area contributed by atoms with Gasteiger partial charge in [-0.05, 0) is 61.9 Å². The van der Waals surface area contributed by atoms with Crippen LogP contribution in [0.3, 0.4) is 0 Å². The smallest absolute Gasteiger partial charge is 0.165 e. The number of nitrogens with one attached hydrogen (secondary N) is 1. The maximum Gasteiger partial charge on any atom is 0.165 e.